The fraction of sp³-hybridized carbons (Fsp3) is 0.438. The highest BCUT2D eigenvalue weighted by Crippen LogP contribution is 2.27. The number of hydrogen-bond acceptors (Lipinski definition) is 3. The minimum absolute atomic E-state index is 0.651. The van der Waals surface area contributed by atoms with Crippen LogP contribution < -0.4 is 4.90 Å². The van der Waals surface area contributed by atoms with E-state index in [0.29, 0.717) is 5.92 Å². The molecule has 0 aliphatic carbocycles. The average molecular weight is 256 g/mol. The number of pyridine rings is 1. The molecule has 1 atom stereocenters. The second-order valence-corrected chi connectivity index (χ2v) is 5.41. The zero-order chi connectivity index (χ0) is 13.2. The van der Waals surface area contributed by atoms with Crippen molar-refractivity contribution in [1.82, 2.24) is 4.98 Å². The van der Waals surface area contributed by atoms with Gasteiger partial charge in [0, 0.05) is 43.4 Å². The second-order valence-electron chi connectivity index (χ2n) is 5.41. The first-order valence-corrected chi connectivity index (χ1v) is 6.89. The van der Waals surface area contributed by atoms with E-state index in [1.807, 2.05) is 6.20 Å². The molecule has 100 valence electrons. The molecule has 1 aliphatic rings. The molecule has 0 amide bonds. The second kappa shape index (κ2) is 5.17. The van der Waals surface area contributed by atoms with Crippen LogP contribution >= 0.6 is 0 Å². The van der Waals surface area contributed by atoms with Crippen molar-refractivity contribution in [3.05, 3.63) is 36.0 Å². The van der Waals surface area contributed by atoms with Crippen LogP contribution in [0.5, 0.6) is 0 Å². The van der Waals surface area contributed by atoms with Crippen molar-refractivity contribution < 1.29 is 4.74 Å². The van der Waals surface area contributed by atoms with Gasteiger partial charge in [0.2, 0.25) is 0 Å². The maximum Gasteiger partial charge on any atom is 0.0751 e. The Morgan fingerprint density at radius 3 is 3.05 bits per heavy atom. The van der Waals surface area contributed by atoms with Gasteiger partial charge in [0.1, 0.15) is 0 Å². The molecule has 2 heterocycles. The molecular weight excluding hydrogens is 236 g/mol. The monoisotopic (exact) mass is 256 g/mol. The van der Waals surface area contributed by atoms with Gasteiger partial charge < -0.3 is 9.64 Å². The number of hydrogen-bond donors (Lipinski definition) is 0. The van der Waals surface area contributed by atoms with Crippen LogP contribution in [0.2, 0.25) is 0 Å². The molecular formula is C16H20N2O. The van der Waals surface area contributed by atoms with Gasteiger partial charge in [0.25, 0.3) is 0 Å². The first kappa shape index (κ1) is 12.4. The van der Waals surface area contributed by atoms with E-state index in [1.165, 1.54) is 23.1 Å². The number of rotatable bonds is 3. The molecule has 19 heavy (non-hydrogen) atoms. The van der Waals surface area contributed by atoms with Crippen LogP contribution in [0.25, 0.3) is 10.9 Å². The van der Waals surface area contributed by atoms with E-state index in [4.69, 9.17) is 4.74 Å². The average Bonchev–Trinajstić information content (AvgIpc) is 2.91. The minimum atomic E-state index is 0.651. The molecule has 2 aromatic rings. The summed E-state index contributed by atoms with van der Waals surface area (Å²) in [5.74, 6) is 0.651. The zero-order valence-electron chi connectivity index (χ0n) is 11.6. The topological polar surface area (TPSA) is 25.4 Å². The van der Waals surface area contributed by atoms with E-state index < -0.39 is 0 Å². The zero-order valence-corrected chi connectivity index (χ0v) is 11.6. The molecule has 0 spiro atoms. The molecule has 0 radical (unpaired) electrons. The molecule has 1 aromatic heterocycles. The lowest BCUT2D eigenvalue weighted by Gasteiger charge is -2.24. The van der Waals surface area contributed by atoms with Crippen molar-refractivity contribution in [1.29, 1.82) is 0 Å². The van der Waals surface area contributed by atoms with E-state index in [0.717, 1.165) is 25.3 Å². The third-order valence-electron chi connectivity index (χ3n) is 3.92. The summed E-state index contributed by atoms with van der Waals surface area (Å²) in [5, 5.41) is 1.24. The van der Waals surface area contributed by atoms with Gasteiger partial charge >= 0.3 is 0 Å². The standard InChI is InChI=1S/C16H20N2O/c1-12-4-3-5-14-15(6-8-17-16(12)14)18(2)10-13-7-9-19-11-13/h3-6,8,13H,7,9-11H2,1-2H3. The summed E-state index contributed by atoms with van der Waals surface area (Å²) in [5.41, 5.74) is 3.60. The van der Waals surface area contributed by atoms with Crippen molar-refractivity contribution in [2.45, 2.75) is 13.3 Å². The molecule has 1 aliphatic heterocycles. The van der Waals surface area contributed by atoms with Gasteiger partial charge in [-0.05, 0) is 25.0 Å². The predicted octanol–water partition coefficient (Wildman–Crippen LogP) is 3.02. The lowest BCUT2D eigenvalue weighted by Crippen LogP contribution is -2.25. The van der Waals surface area contributed by atoms with E-state index in [2.05, 4.69) is 48.1 Å². The Labute approximate surface area is 114 Å². The van der Waals surface area contributed by atoms with Gasteiger partial charge in [0.05, 0.1) is 12.1 Å². The van der Waals surface area contributed by atoms with Crippen molar-refractivity contribution >= 4 is 16.6 Å². The number of para-hydroxylation sites is 1. The molecule has 3 heteroatoms. The number of benzene rings is 1. The lowest BCUT2D eigenvalue weighted by atomic mass is 10.1. The Balaban J connectivity index is 1.93. The maximum atomic E-state index is 5.46. The van der Waals surface area contributed by atoms with Crippen LogP contribution in [0.1, 0.15) is 12.0 Å². The van der Waals surface area contributed by atoms with Gasteiger partial charge in [-0.25, -0.2) is 0 Å². The Morgan fingerprint density at radius 2 is 2.26 bits per heavy atom. The van der Waals surface area contributed by atoms with Gasteiger partial charge in [-0.15, -0.1) is 0 Å². The van der Waals surface area contributed by atoms with Gasteiger partial charge in [0.15, 0.2) is 0 Å². The number of aryl methyl sites for hydroxylation is 1. The fourth-order valence-corrected chi connectivity index (χ4v) is 2.86. The Hall–Kier alpha value is -1.61. The molecule has 1 fully saturated rings. The maximum absolute atomic E-state index is 5.46. The van der Waals surface area contributed by atoms with Crippen molar-refractivity contribution in [2.24, 2.45) is 5.92 Å². The highest BCUT2D eigenvalue weighted by Gasteiger charge is 2.18. The molecule has 3 rings (SSSR count). The van der Waals surface area contributed by atoms with Crippen molar-refractivity contribution in [3.63, 3.8) is 0 Å². The number of ether oxygens (including phenoxy) is 1. The Bertz CT molecular complexity index is 576. The van der Waals surface area contributed by atoms with E-state index in [-0.39, 0.29) is 0 Å². The summed E-state index contributed by atoms with van der Waals surface area (Å²) in [6.45, 7) is 4.97. The van der Waals surface area contributed by atoms with Gasteiger partial charge in [-0.2, -0.15) is 0 Å². The predicted molar refractivity (Wildman–Crippen MR) is 78.7 cm³/mol. The fourth-order valence-electron chi connectivity index (χ4n) is 2.86. The highest BCUT2D eigenvalue weighted by atomic mass is 16.5. The smallest absolute Gasteiger partial charge is 0.0751 e. The summed E-state index contributed by atoms with van der Waals surface area (Å²) < 4.78 is 5.46. The van der Waals surface area contributed by atoms with Gasteiger partial charge in [-0.1, -0.05) is 18.2 Å². The summed E-state index contributed by atoms with van der Waals surface area (Å²) in [6, 6.07) is 8.49. The van der Waals surface area contributed by atoms with Crippen molar-refractivity contribution in [2.75, 3.05) is 31.7 Å². The Kier molecular flexibility index (Phi) is 3.38. The SMILES string of the molecule is Cc1cccc2c(N(C)CC3CCOC3)ccnc12. The van der Waals surface area contributed by atoms with Gasteiger partial charge in [-0.3, -0.25) is 4.98 Å². The van der Waals surface area contributed by atoms with Crippen molar-refractivity contribution in [3.8, 4) is 0 Å². The number of aromatic nitrogens is 1. The quantitative estimate of drug-likeness (QED) is 0.844. The summed E-state index contributed by atoms with van der Waals surface area (Å²) >= 11 is 0. The molecule has 1 saturated heterocycles. The highest BCUT2D eigenvalue weighted by molar-refractivity contribution is 5.93. The Morgan fingerprint density at radius 1 is 1.37 bits per heavy atom. The first-order chi connectivity index (χ1) is 9.25. The van der Waals surface area contributed by atoms with Crippen LogP contribution in [0.15, 0.2) is 30.5 Å². The van der Waals surface area contributed by atoms with Crippen LogP contribution in [-0.2, 0) is 4.74 Å². The van der Waals surface area contributed by atoms with Crippen LogP contribution in [0.3, 0.4) is 0 Å². The number of anilines is 1. The van der Waals surface area contributed by atoms with Crippen LogP contribution in [-0.4, -0.2) is 31.8 Å². The molecule has 1 unspecified atom stereocenters. The van der Waals surface area contributed by atoms with E-state index in [9.17, 15) is 0 Å². The van der Waals surface area contributed by atoms with E-state index in [1.54, 1.807) is 0 Å². The number of nitrogens with zero attached hydrogens (tertiary/aromatic N) is 2. The molecule has 0 bridgehead atoms. The number of fused-ring (bicyclic) bond motifs is 1. The summed E-state index contributed by atoms with van der Waals surface area (Å²) in [6.07, 6.45) is 3.08. The third kappa shape index (κ3) is 2.43. The lowest BCUT2D eigenvalue weighted by molar-refractivity contribution is 0.186. The minimum Gasteiger partial charge on any atom is -0.381 e. The van der Waals surface area contributed by atoms with Crippen LogP contribution in [0, 0.1) is 12.8 Å². The molecule has 3 nitrogen and oxygen atoms in total. The summed E-state index contributed by atoms with van der Waals surface area (Å²) in [4.78, 5) is 6.84. The molecule has 0 N–H and O–H groups in total. The largest absolute Gasteiger partial charge is 0.381 e. The molecule has 1 aromatic carbocycles. The summed E-state index contributed by atoms with van der Waals surface area (Å²) in [7, 11) is 2.16. The first-order valence-electron chi connectivity index (χ1n) is 6.89. The molecule has 0 saturated carbocycles. The van der Waals surface area contributed by atoms with E-state index >= 15 is 0 Å². The van der Waals surface area contributed by atoms with Crippen LogP contribution in [0.4, 0.5) is 5.69 Å². The normalized spacial score (nSPS) is 18.9. The third-order valence-corrected chi connectivity index (χ3v) is 3.92.